The summed E-state index contributed by atoms with van der Waals surface area (Å²) in [5, 5.41) is 7.97. The number of halogens is 1. The van der Waals surface area contributed by atoms with E-state index in [1.165, 1.54) is 0 Å². The first-order valence-corrected chi connectivity index (χ1v) is 4.90. The van der Waals surface area contributed by atoms with Crippen LogP contribution in [0.2, 0.25) is 5.02 Å². The maximum atomic E-state index is 6.00. The van der Waals surface area contributed by atoms with Gasteiger partial charge in [-0.2, -0.15) is 0 Å². The van der Waals surface area contributed by atoms with Crippen LogP contribution in [0.25, 0.3) is 5.69 Å². The van der Waals surface area contributed by atoms with E-state index in [0.29, 0.717) is 16.5 Å². The molecule has 2 aromatic rings. The second-order valence-corrected chi connectivity index (χ2v) is 3.43. The highest BCUT2D eigenvalue weighted by Gasteiger charge is 2.11. The van der Waals surface area contributed by atoms with E-state index in [2.05, 4.69) is 10.2 Å². The van der Waals surface area contributed by atoms with Gasteiger partial charge in [-0.25, -0.2) is 0 Å². The van der Waals surface area contributed by atoms with Crippen molar-refractivity contribution in [1.29, 1.82) is 0 Å². The summed E-state index contributed by atoms with van der Waals surface area (Å²) in [5.41, 5.74) is 0.772. The van der Waals surface area contributed by atoms with E-state index in [4.69, 9.17) is 21.1 Å². The van der Waals surface area contributed by atoms with Crippen LogP contribution in [0.1, 0.15) is 0 Å². The maximum absolute atomic E-state index is 6.00. The zero-order valence-corrected chi connectivity index (χ0v) is 9.60. The average molecular weight is 240 g/mol. The molecule has 2 rings (SSSR count). The smallest absolute Gasteiger partial charge is 0.144 e. The number of rotatable bonds is 3. The van der Waals surface area contributed by atoms with Crippen LogP contribution >= 0.6 is 11.6 Å². The summed E-state index contributed by atoms with van der Waals surface area (Å²) in [4.78, 5) is 0. The highest BCUT2D eigenvalue weighted by Crippen LogP contribution is 2.34. The highest BCUT2D eigenvalue weighted by molar-refractivity contribution is 6.32. The predicted molar refractivity (Wildman–Crippen MR) is 59.5 cm³/mol. The Bertz CT molecular complexity index is 485. The molecule has 0 saturated carbocycles. The summed E-state index contributed by atoms with van der Waals surface area (Å²) in [6, 6.07) is 3.46. The van der Waals surface area contributed by atoms with Gasteiger partial charge in [-0.05, 0) is 0 Å². The van der Waals surface area contributed by atoms with Crippen LogP contribution < -0.4 is 9.47 Å². The fraction of sp³-hybridized carbons (Fsp3) is 0.200. The molecule has 5 nitrogen and oxygen atoms in total. The minimum Gasteiger partial charge on any atom is -0.495 e. The molecule has 1 heterocycles. The Morgan fingerprint density at radius 3 is 2.25 bits per heavy atom. The summed E-state index contributed by atoms with van der Waals surface area (Å²) in [6.07, 6.45) is 3.15. The quantitative estimate of drug-likeness (QED) is 0.821. The first-order chi connectivity index (χ1) is 7.76. The van der Waals surface area contributed by atoms with Crippen LogP contribution in [-0.2, 0) is 0 Å². The molecular weight excluding hydrogens is 230 g/mol. The van der Waals surface area contributed by atoms with E-state index < -0.39 is 0 Å². The van der Waals surface area contributed by atoms with Crippen molar-refractivity contribution in [2.45, 2.75) is 0 Å². The molecule has 84 valence electrons. The van der Waals surface area contributed by atoms with E-state index in [-0.39, 0.29) is 0 Å². The minimum absolute atomic E-state index is 0.496. The average Bonchev–Trinajstić information content (AvgIpc) is 2.82. The maximum Gasteiger partial charge on any atom is 0.144 e. The van der Waals surface area contributed by atoms with Gasteiger partial charge in [0, 0.05) is 12.1 Å². The molecule has 1 aromatic carbocycles. The molecule has 1 aromatic heterocycles. The van der Waals surface area contributed by atoms with Crippen LogP contribution in [-0.4, -0.2) is 29.0 Å². The monoisotopic (exact) mass is 239 g/mol. The zero-order valence-electron chi connectivity index (χ0n) is 8.85. The molecule has 0 unspecified atom stereocenters. The van der Waals surface area contributed by atoms with E-state index in [1.807, 2.05) is 0 Å². The van der Waals surface area contributed by atoms with Gasteiger partial charge in [-0.1, -0.05) is 11.6 Å². The number of methoxy groups -OCH3 is 2. The van der Waals surface area contributed by atoms with Crippen LogP contribution in [0.15, 0.2) is 24.8 Å². The molecule has 0 fully saturated rings. The van der Waals surface area contributed by atoms with E-state index >= 15 is 0 Å². The molecular formula is C10H10ClN3O2. The van der Waals surface area contributed by atoms with Crippen molar-refractivity contribution < 1.29 is 9.47 Å². The molecule has 0 aliphatic heterocycles. The fourth-order valence-corrected chi connectivity index (χ4v) is 1.60. The number of ether oxygens (including phenoxy) is 2. The second kappa shape index (κ2) is 4.40. The number of benzene rings is 1. The van der Waals surface area contributed by atoms with Gasteiger partial charge in [0.2, 0.25) is 0 Å². The fourth-order valence-electron chi connectivity index (χ4n) is 1.37. The van der Waals surface area contributed by atoms with Crippen LogP contribution in [0, 0.1) is 0 Å². The van der Waals surface area contributed by atoms with Crippen molar-refractivity contribution in [3.63, 3.8) is 0 Å². The van der Waals surface area contributed by atoms with Crippen LogP contribution in [0.5, 0.6) is 11.5 Å². The van der Waals surface area contributed by atoms with Gasteiger partial charge in [0.15, 0.2) is 0 Å². The van der Waals surface area contributed by atoms with Gasteiger partial charge in [-0.3, -0.25) is 4.57 Å². The number of hydrogen-bond acceptors (Lipinski definition) is 4. The Labute approximate surface area is 97.6 Å². The van der Waals surface area contributed by atoms with Crippen molar-refractivity contribution in [1.82, 2.24) is 14.8 Å². The van der Waals surface area contributed by atoms with E-state index in [0.717, 1.165) is 5.69 Å². The van der Waals surface area contributed by atoms with Gasteiger partial charge >= 0.3 is 0 Å². The third kappa shape index (κ3) is 1.81. The van der Waals surface area contributed by atoms with Crippen LogP contribution in [0.3, 0.4) is 0 Å². The van der Waals surface area contributed by atoms with Crippen molar-refractivity contribution >= 4 is 11.6 Å². The Morgan fingerprint density at radius 2 is 1.69 bits per heavy atom. The van der Waals surface area contributed by atoms with Gasteiger partial charge < -0.3 is 9.47 Å². The van der Waals surface area contributed by atoms with E-state index in [1.54, 1.807) is 43.6 Å². The molecule has 0 saturated heterocycles. The minimum atomic E-state index is 0.496. The Balaban J connectivity index is 2.58. The SMILES string of the molecule is COc1cc(-n2cnnc2)c(OC)cc1Cl. The molecule has 0 amide bonds. The Morgan fingerprint density at radius 1 is 1.06 bits per heavy atom. The molecule has 0 N–H and O–H groups in total. The second-order valence-electron chi connectivity index (χ2n) is 3.03. The summed E-state index contributed by atoms with van der Waals surface area (Å²) in [6.45, 7) is 0. The molecule has 0 aliphatic carbocycles. The summed E-state index contributed by atoms with van der Waals surface area (Å²) in [7, 11) is 3.13. The summed E-state index contributed by atoms with van der Waals surface area (Å²) >= 11 is 6.00. The lowest BCUT2D eigenvalue weighted by Gasteiger charge is -2.11. The molecule has 0 spiro atoms. The lowest BCUT2D eigenvalue weighted by atomic mass is 10.2. The standard InChI is InChI=1S/C10H10ClN3O2/c1-15-9-4-8(14-5-12-13-6-14)10(16-2)3-7(9)11/h3-6H,1-2H3. The number of hydrogen-bond donors (Lipinski definition) is 0. The van der Waals surface area contributed by atoms with Crippen molar-refractivity contribution in [2.24, 2.45) is 0 Å². The molecule has 0 bridgehead atoms. The van der Waals surface area contributed by atoms with Crippen molar-refractivity contribution in [3.8, 4) is 17.2 Å². The lowest BCUT2D eigenvalue weighted by Crippen LogP contribution is -1.97. The first-order valence-electron chi connectivity index (χ1n) is 4.52. The molecule has 0 atom stereocenters. The summed E-state index contributed by atoms with van der Waals surface area (Å²) < 4.78 is 12.1. The molecule has 6 heteroatoms. The Hall–Kier alpha value is -1.75. The highest BCUT2D eigenvalue weighted by atomic mass is 35.5. The third-order valence-electron chi connectivity index (χ3n) is 2.15. The lowest BCUT2D eigenvalue weighted by molar-refractivity contribution is 0.401. The van der Waals surface area contributed by atoms with Crippen LogP contribution in [0.4, 0.5) is 0 Å². The van der Waals surface area contributed by atoms with Gasteiger partial charge in [-0.15, -0.1) is 10.2 Å². The predicted octanol–water partition coefficient (Wildman–Crippen LogP) is 1.94. The molecule has 0 aliphatic rings. The number of aromatic nitrogens is 3. The third-order valence-corrected chi connectivity index (χ3v) is 2.45. The first kappa shape index (κ1) is 10.8. The Kier molecular flexibility index (Phi) is 2.96. The molecule has 0 radical (unpaired) electrons. The largest absolute Gasteiger partial charge is 0.495 e. The molecule has 16 heavy (non-hydrogen) atoms. The van der Waals surface area contributed by atoms with Gasteiger partial charge in [0.05, 0.1) is 24.9 Å². The van der Waals surface area contributed by atoms with Crippen molar-refractivity contribution in [3.05, 3.63) is 29.8 Å². The normalized spacial score (nSPS) is 10.2. The number of nitrogens with zero attached hydrogens (tertiary/aromatic N) is 3. The summed E-state index contributed by atoms with van der Waals surface area (Å²) in [5.74, 6) is 1.21. The zero-order chi connectivity index (χ0) is 11.5. The van der Waals surface area contributed by atoms with Gasteiger partial charge in [0.1, 0.15) is 24.2 Å². The van der Waals surface area contributed by atoms with Crippen molar-refractivity contribution in [2.75, 3.05) is 14.2 Å². The van der Waals surface area contributed by atoms with Gasteiger partial charge in [0.25, 0.3) is 0 Å². The van der Waals surface area contributed by atoms with E-state index in [9.17, 15) is 0 Å². The topological polar surface area (TPSA) is 49.2 Å².